The highest BCUT2D eigenvalue weighted by atomic mass is 35.5. The van der Waals surface area contributed by atoms with E-state index < -0.39 is 11.9 Å². The molecular weight excluding hydrogens is 381 g/mol. The number of amides is 2. The first kappa shape index (κ1) is 21.1. The van der Waals surface area contributed by atoms with Gasteiger partial charge in [0, 0.05) is 18.5 Å². The van der Waals surface area contributed by atoms with Gasteiger partial charge in [-0.25, -0.2) is 4.39 Å². The Morgan fingerprint density at radius 1 is 1.11 bits per heavy atom. The van der Waals surface area contributed by atoms with Crippen molar-refractivity contribution in [1.29, 1.82) is 0 Å². The molecule has 7 heteroatoms. The molecule has 4 rings (SSSR count). The van der Waals surface area contributed by atoms with E-state index in [1.807, 2.05) is 0 Å². The number of anilines is 1. The van der Waals surface area contributed by atoms with Crippen LogP contribution in [0.4, 0.5) is 10.1 Å². The molecule has 2 saturated carbocycles. The number of hydrogen-bond acceptors (Lipinski definition) is 3. The first-order valence-electron chi connectivity index (χ1n) is 10.2. The van der Waals surface area contributed by atoms with E-state index in [0.717, 1.165) is 32.1 Å². The molecule has 1 saturated heterocycles. The van der Waals surface area contributed by atoms with Crippen molar-refractivity contribution in [3.05, 3.63) is 30.1 Å². The van der Waals surface area contributed by atoms with Gasteiger partial charge in [-0.3, -0.25) is 9.59 Å². The number of nitrogens with two attached hydrogens (primary N) is 1. The molecule has 2 bridgehead atoms. The topological polar surface area (TPSA) is 75.4 Å². The van der Waals surface area contributed by atoms with Crippen LogP contribution in [0.5, 0.6) is 0 Å². The van der Waals surface area contributed by atoms with Crippen LogP contribution in [-0.2, 0) is 9.59 Å². The summed E-state index contributed by atoms with van der Waals surface area (Å²) < 4.78 is 14.1. The number of fused-ring (bicyclic) bond motifs is 2. The second-order valence-electron chi connectivity index (χ2n) is 8.34. The molecule has 1 heterocycles. The first-order chi connectivity index (χ1) is 13.0. The fourth-order valence-corrected chi connectivity index (χ4v) is 5.21. The number of nitrogens with zero attached hydrogens (tertiary/aromatic N) is 1. The number of halogens is 2. The van der Waals surface area contributed by atoms with E-state index in [1.165, 1.54) is 17.4 Å². The van der Waals surface area contributed by atoms with Crippen molar-refractivity contribution in [2.24, 2.45) is 23.5 Å². The zero-order valence-electron chi connectivity index (χ0n) is 16.0. The Balaban J connectivity index is 0.00000225. The predicted octanol–water partition coefficient (Wildman–Crippen LogP) is 3.01. The Morgan fingerprint density at radius 3 is 2.46 bits per heavy atom. The summed E-state index contributed by atoms with van der Waals surface area (Å²) in [5.41, 5.74) is 6.61. The van der Waals surface area contributed by atoms with Crippen molar-refractivity contribution in [3.8, 4) is 0 Å². The molecule has 3 N–H and O–H groups in total. The molecule has 3 fully saturated rings. The summed E-state index contributed by atoms with van der Waals surface area (Å²) in [5, 5.41) is 2.97. The number of rotatable bonds is 3. The fourth-order valence-electron chi connectivity index (χ4n) is 5.21. The van der Waals surface area contributed by atoms with Crippen LogP contribution < -0.4 is 16.0 Å². The maximum absolute atomic E-state index is 14.1. The maximum Gasteiger partial charge on any atom is 0.249 e. The first-order valence-corrected chi connectivity index (χ1v) is 10.2. The van der Waals surface area contributed by atoms with Crippen molar-refractivity contribution in [2.45, 2.75) is 57.0 Å². The van der Waals surface area contributed by atoms with E-state index in [2.05, 4.69) is 5.32 Å². The highest BCUT2D eigenvalue weighted by Gasteiger charge is 2.41. The Morgan fingerprint density at radius 2 is 1.79 bits per heavy atom. The Kier molecular flexibility index (Phi) is 6.61. The monoisotopic (exact) mass is 409 g/mol. The summed E-state index contributed by atoms with van der Waals surface area (Å²) >= 11 is 0. The number of nitrogens with one attached hydrogen (secondary N) is 1. The van der Waals surface area contributed by atoms with Crippen molar-refractivity contribution in [1.82, 2.24) is 5.32 Å². The van der Waals surface area contributed by atoms with Crippen molar-refractivity contribution >= 4 is 29.9 Å². The third kappa shape index (κ3) is 4.03. The standard InChI is InChI=1S/C21H28FN3O2.ClH/c22-16-7-1-2-9-18(16)25-10-4-8-17(21(25)27)24-20(26)15-11-13-5-3-6-14(12-15)19(13)23;/h1-2,7,9,13-15,17,19H,3-6,8,10-12,23H2,(H,24,26);1H. The van der Waals surface area contributed by atoms with Crippen LogP contribution in [0.1, 0.15) is 44.9 Å². The van der Waals surface area contributed by atoms with Gasteiger partial charge in [-0.15, -0.1) is 12.4 Å². The molecule has 5 nitrogen and oxygen atoms in total. The van der Waals surface area contributed by atoms with Gasteiger partial charge >= 0.3 is 0 Å². The SMILES string of the molecule is Cl.NC1C2CCCC1CC(C(=O)NC1CCCN(c3ccccc3F)C1=O)C2. The molecule has 3 unspecified atom stereocenters. The molecular formula is C21H29ClFN3O2. The molecule has 2 amide bonds. The van der Waals surface area contributed by atoms with Crippen LogP contribution in [0.2, 0.25) is 0 Å². The molecule has 1 aliphatic heterocycles. The van der Waals surface area contributed by atoms with E-state index in [4.69, 9.17) is 5.73 Å². The van der Waals surface area contributed by atoms with Crippen molar-refractivity contribution < 1.29 is 14.0 Å². The molecule has 1 aromatic rings. The average molecular weight is 410 g/mol. The molecule has 0 aromatic heterocycles. The van der Waals surface area contributed by atoms with E-state index in [0.29, 0.717) is 30.5 Å². The van der Waals surface area contributed by atoms with E-state index in [1.54, 1.807) is 18.2 Å². The lowest BCUT2D eigenvalue weighted by Gasteiger charge is -2.44. The number of para-hydroxylation sites is 1. The Labute approximate surface area is 171 Å². The molecule has 3 aliphatic rings. The van der Waals surface area contributed by atoms with Crippen molar-refractivity contribution in [2.75, 3.05) is 11.4 Å². The third-order valence-corrected chi connectivity index (χ3v) is 6.68. The quantitative estimate of drug-likeness (QED) is 0.805. The van der Waals surface area contributed by atoms with Crippen LogP contribution in [0, 0.1) is 23.6 Å². The summed E-state index contributed by atoms with van der Waals surface area (Å²) in [6, 6.07) is 5.95. The smallest absolute Gasteiger partial charge is 0.249 e. The normalized spacial score (nSPS) is 32.4. The minimum atomic E-state index is -0.568. The zero-order valence-corrected chi connectivity index (χ0v) is 16.8. The molecule has 0 radical (unpaired) electrons. The molecule has 3 atom stereocenters. The maximum atomic E-state index is 14.1. The minimum Gasteiger partial charge on any atom is -0.344 e. The predicted molar refractivity (Wildman–Crippen MR) is 109 cm³/mol. The summed E-state index contributed by atoms with van der Waals surface area (Å²) in [4.78, 5) is 27.2. The number of hydrogen-bond donors (Lipinski definition) is 2. The summed E-state index contributed by atoms with van der Waals surface area (Å²) in [5.74, 6) is 0.124. The second kappa shape index (κ2) is 8.78. The number of carbonyl (C=O) groups is 2. The molecule has 154 valence electrons. The van der Waals surface area contributed by atoms with Crippen LogP contribution in [-0.4, -0.2) is 30.4 Å². The number of piperidine rings is 1. The lowest BCUT2D eigenvalue weighted by atomic mass is 9.65. The summed E-state index contributed by atoms with van der Waals surface area (Å²) in [6.45, 7) is 0.481. The van der Waals surface area contributed by atoms with Gasteiger partial charge in [0.1, 0.15) is 11.9 Å². The third-order valence-electron chi connectivity index (χ3n) is 6.68. The lowest BCUT2D eigenvalue weighted by molar-refractivity contribution is -0.132. The minimum absolute atomic E-state index is 0. The Bertz CT molecular complexity index is 717. The number of carbonyl (C=O) groups excluding carboxylic acids is 2. The van der Waals surface area contributed by atoms with Crippen LogP contribution in [0.15, 0.2) is 24.3 Å². The van der Waals surface area contributed by atoms with E-state index >= 15 is 0 Å². The highest BCUT2D eigenvalue weighted by Crippen LogP contribution is 2.42. The van der Waals surface area contributed by atoms with E-state index in [9.17, 15) is 14.0 Å². The lowest BCUT2D eigenvalue weighted by Crippen LogP contribution is -2.55. The molecule has 1 aromatic carbocycles. The average Bonchev–Trinajstić information content (AvgIpc) is 2.64. The van der Waals surface area contributed by atoms with Gasteiger partial charge in [0.05, 0.1) is 5.69 Å². The van der Waals surface area contributed by atoms with Gasteiger partial charge in [-0.05, 0) is 62.5 Å². The largest absolute Gasteiger partial charge is 0.344 e. The van der Waals surface area contributed by atoms with Gasteiger partial charge in [-0.2, -0.15) is 0 Å². The van der Waals surface area contributed by atoms with Gasteiger partial charge in [0.15, 0.2) is 0 Å². The zero-order chi connectivity index (χ0) is 19.0. The van der Waals surface area contributed by atoms with Crippen LogP contribution >= 0.6 is 12.4 Å². The molecule has 0 spiro atoms. The van der Waals surface area contributed by atoms with Gasteiger partial charge in [0.25, 0.3) is 0 Å². The fraction of sp³-hybridized carbons (Fsp3) is 0.619. The summed E-state index contributed by atoms with van der Waals surface area (Å²) in [6.07, 6.45) is 6.40. The van der Waals surface area contributed by atoms with Gasteiger partial charge in [-0.1, -0.05) is 18.6 Å². The highest BCUT2D eigenvalue weighted by molar-refractivity contribution is 6.00. The van der Waals surface area contributed by atoms with Crippen LogP contribution in [0.3, 0.4) is 0 Å². The van der Waals surface area contributed by atoms with Crippen LogP contribution in [0.25, 0.3) is 0 Å². The van der Waals surface area contributed by atoms with Crippen molar-refractivity contribution in [3.63, 3.8) is 0 Å². The number of benzene rings is 1. The van der Waals surface area contributed by atoms with E-state index in [-0.39, 0.29) is 36.2 Å². The molecule has 2 aliphatic carbocycles. The van der Waals surface area contributed by atoms with Gasteiger partial charge in [0.2, 0.25) is 11.8 Å². The second-order valence-corrected chi connectivity index (χ2v) is 8.34. The van der Waals surface area contributed by atoms with Gasteiger partial charge < -0.3 is 16.0 Å². The Hall–Kier alpha value is -1.66. The summed E-state index contributed by atoms with van der Waals surface area (Å²) in [7, 11) is 0. The molecule has 28 heavy (non-hydrogen) atoms.